The van der Waals surface area contributed by atoms with Gasteiger partial charge in [-0.3, -0.25) is 14.0 Å². The highest BCUT2D eigenvalue weighted by Crippen LogP contribution is 2.24. The van der Waals surface area contributed by atoms with Crippen molar-refractivity contribution < 1.29 is 9.53 Å². The number of hydrogen-bond acceptors (Lipinski definition) is 5. The highest BCUT2D eigenvalue weighted by molar-refractivity contribution is 6.01. The van der Waals surface area contributed by atoms with E-state index in [0.29, 0.717) is 17.9 Å². The number of carbonyl (C=O) groups is 1. The maximum atomic E-state index is 13.0. The number of amides is 1. The van der Waals surface area contributed by atoms with Crippen LogP contribution in [0.1, 0.15) is 25.0 Å². The molecular formula is C22H20N4O3. The van der Waals surface area contributed by atoms with Crippen LogP contribution in [0.3, 0.4) is 0 Å². The number of rotatable bonds is 6. The molecule has 7 nitrogen and oxygen atoms in total. The number of nitrogens with one attached hydrogen (secondary N) is 1. The van der Waals surface area contributed by atoms with Crippen LogP contribution in [0.2, 0.25) is 0 Å². The van der Waals surface area contributed by atoms with Crippen molar-refractivity contribution in [1.82, 2.24) is 14.7 Å². The van der Waals surface area contributed by atoms with Crippen LogP contribution in [0.25, 0.3) is 11.7 Å². The van der Waals surface area contributed by atoms with Gasteiger partial charge in [0.05, 0.1) is 0 Å². The fraction of sp³-hybridized carbons (Fsp3) is 0.182. The highest BCUT2D eigenvalue weighted by atomic mass is 16.5. The van der Waals surface area contributed by atoms with Crippen LogP contribution in [0.4, 0.5) is 0 Å². The second-order valence-corrected chi connectivity index (χ2v) is 6.19. The van der Waals surface area contributed by atoms with Gasteiger partial charge in [-0.2, -0.15) is 10.2 Å². The molecule has 0 aliphatic carbocycles. The first-order valence-corrected chi connectivity index (χ1v) is 9.25. The number of fused-ring (bicyclic) bond motifs is 1. The third kappa shape index (κ3) is 4.33. The quantitative estimate of drug-likeness (QED) is 0.517. The van der Waals surface area contributed by atoms with Gasteiger partial charge in [-0.1, -0.05) is 25.1 Å². The lowest BCUT2D eigenvalue weighted by molar-refractivity contribution is -0.116. The summed E-state index contributed by atoms with van der Waals surface area (Å²) in [4.78, 5) is 29.6. The molecule has 7 heteroatoms. The van der Waals surface area contributed by atoms with Crippen LogP contribution >= 0.6 is 0 Å². The number of ether oxygens (including phenoxy) is 1. The predicted molar refractivity (Wildman–Crippen MR) is 110 cm³/mol. The Morgan fingerprint density at radius 3 is 2.66 bits per heavy atom. The van der Waals surface area contributed by atoms with Crippen molar-refractivity contribution in [2.45, 2.75) is 20.3 Å². The first-order valence-electron chi connectivity index (χ1n) is 9.25. The van der Waals surface area contributed by atoms with Crippen LogP contribution in [0.15, 0.2) is 59.0 Å². The van der Waals surface area contributed by atoms with E-state index >= 15 is 0 Å². The number of nitriles is 1. The number of likely N-dealkylation sites (N-methyl/N-ethyl adjacent to an activating group) is 1. The predicted octanol–water partition coefficient (Wildman–Crippen LogP) is 3.09. The Balaban J connectivity index is 2.16. The van der Waals surface area contributed by atoms with Crippen molar-refractivity contribution in [1.29, 1.82) is 5.26 Å². The molecule has 3 rings (SSSR count). The molecule has 0 aliphatic rings. The molecule has 0 fully saturated rings. The van der Waals surface area contributed by atoms with Gasteiger partial charge >= 0.3 is 0 Å². The van der Waals surface area contributed by atoms with Gasteiger partial charge in [0.2, 0.25) is 5.88 Å². The van der Waals surface area contributed by atoms with E-state index in [-0.39, 0.29) is 17.0 Å². The Kier molecular flexibility index (Phi) is 6.05. The Bertz CT molecular complexity index is 1170. The molecule has 0 bridgehead atoms. The van der Waals surface area contributed by atoms with E-state index in [2.05, 4.69) is 17.2 Å². The van der Waals surface area contributed by atoms with Gasteiger partial charge in [0.15, 0.2) is 0 Å². The minimum absolute atomic E-state index is 0.0241. The topological polar surface area (TPSA) is 96.5 Å². The molecule has 1 N–H and O–H groups in total. The summed E-state index contributed by atoms with van der Waals surface area (Å²) in [7, 11) is 0. The fourth-order valence-electron chi connectivity index (χ4n) is 2.74. The average Bonchev–Trinajstić information content (AvgIpc) is 2.74. The lowest BCUT2D eigenvalue weighted by Gasteiger charge is -2.10. The van der Waals surface area contributed by atoms with Crippen LogP contribution < -0.4 is 15.6 Å². The molecule has 0 radical (unpaired) electrons. The Labute approximate surface area is 167 Å². The van der Waals surface area contributed by atoms with Crippen molar-refractivity contribution in [3.63, 3.8) is 0 Å². The van der Waals surface area contributed by atoms with Gasteiger partial charge in [-0.05, 0) is 49.2 Å². The Morgan fingerprint density at radius 1 is 1.24 bits per heavy atom. The second-order valence-electron chi connectivity index (χ2n) is 6.19. The minimum Gasteiger partial charge on any atom is -0.438 e. The zero-order valence-corrected chi connectivity index (χ0v) is 16.2. The summed E-state index contributed by atoms with van der Waals surface area (Å²) in [6, 6.07) is 14.4. The van der Waals surface area contributed by atoms with E-state index in [9.17, 15) is 14.9 Å². The van der Waals surface area contributed by atoms with Gasteiger partial charge < -0.3 is 10.1 Å². The number of pyridine rings is 1. The molecule has 29 heavy (non-hydrogen) atoms. The third-order valence-corrected chi connectivity index (χ3v) is 4.27. The van der Waals surface area contributed by atoms with Crippen molar-refractivity contribution >= 4 is 17.6 Å². The molecule has 2 heterocycles. The van der Waals surface area contributed by atoms with Crippen molar-refractivity contribution in [3.8, 4) is 17.7 Å². The molecule has 1 amide bonds. The van der Waals surface area contributed by atoms with Crippen molar-refractivity contribution in [2.24, 2.45) is 0 Å². The Hall–Kier alpha value is -3.92. The molecule has 1 aromatic carbocycles. The first-order chi connectivity index (χ1) is 14.1. The van der Waals surface area contributed by atoms with Crippen molar-refractivity contribution in [3.05, 3.63) is 75.7 Å². The number of carbonyl (C=O) groups excluding carboxylic acids is 1. The second kappa shape index (κ2) is 8.85. The lowest BCUT2D eigenvalue weighted by atomic mass is 10.1. The van der Waals surface area contributed by atoms with E-state index in [1.807, 2.05) is 18.2 Å². The van der Waals surface area contributed by atoms with E-state index in [1.165, 1.54) is 10.5 Å². The van der Waals surface area contributed by atoms with Crippen LogP contribution in [0.5, 0.6) is 11.6 Å². The molecule has 0 saturated carbocycles. The maximum Gasteiger partial charge on any atom is 0.269 e. The zero-order chi connectivity index (χ0) is 20.8. The summed E-state index contributed by atoms with van der Waals surface area (Å²) in [5.41, 5.74) is 0.926. The van der Waals surface area contributed by atoms with E-state index < -0.39 is 11.5 Å². The van der Waals surface area contributed by atoms with Gasteiger partial charge in [0.1, 0.15) is 28.6 Å². The number of benzene rings is 1. The van der Waals surface area contributed by atoms with Crippen molar-refractivity contribution in [2.75, 3.05) is 6.54 Å². The summed E-state index contributed by atoms with van der Waals surface area (Å²) < 4.78 is 7.21. The zero-order valence-electron chi connectivity index (χ0n) is 16.2. The van der Waals surface area contributed by atoms with Gasteiger partial charge in [-0.15, -0.1) is 0 Å². The molecule has 0 saturated heterocycles. The SMILES string of the molecule is CCNC(=O)C(C#N)=Cc1c(Oc2ccc(CC)cc2)nc2ccccn2c1=O. The third-order valence-electron chi connectivity index (χ3n) is 4.27. The van der Waals surface area contributed by atoms with Crippen LogP contribution in [0, 0.1) is 11.3 Å². The number of aromatic nitrogens is 2. The smallest absolute Gasteiger partial charge is 0.269 e. The molecule has 2 aromatic heterocycles. The van der Waals surface area contributed by atoms with E-state index in [0.717, 1.165) is 12.0 Å². The fourth-order valence-corrected chi connectivity index (χ4v) is 2.74. The van der Waals surface area contributed by atoms with E-state index in [1.54, 1.807) is 43.5 Å². The lowest BCUT2D eigenvalue weighted by Crippen LogP contribution is -2.25. The minimum atomic E-state index is -0.564. The molecule has 0 atom stereocenters. The van der Waals surface area contributed by atoms with E-state index in [4.69, 9.17) is 4.74 Å². The monoisotopic (exact) mass is 388 g/mol. The standard InChI is InChI=1S/C22H20N4O3/c1-3-15-8-10-17(11-9-15)29-21-18(13-16(14-23)20(27)24-4-2)22(28)26-12-6-5-7-19(26)25-21/h5-13H,3-4H2,1-2H3,(H,24,27). The normalized spacial score (nSPS) is 11.1. The van der Waals surface area contributed by atoms with Gasteiger partial charge in [0.25, 0.3) is 11.5 Å². The molecule has 0 aliphatic heterocycles. The van der Waals surface area contributed by atoms with Gasteiger partial charge in [-0.25, -0.2) is 0 Å². The molecule has 146 valence electrons. The maximum absolute atomic E-state index is 13.0. The van der Waals surface area contributed by atoms with Crippen LogP contribution in [-0.2, 0) is 11.2 Å². The molecule has 0 unspecified atom stereocenters. The van der Waals surface area contributed by atoms with Gasteiger partial charge in [0, 0.05) is 12.7 Å². The largest absolute Gasteiger partial charge is 0.438 e. The number of hydrogen-bond donors (Lipinski definition) is 1. The van der Waals surface area contributed by atoms with Crippen LogP contribution in [-0.4, -0.2) is 21.8 Å². The average molecular weight is 388 g/mol. The summed E-state index contributed by atoms with van der Waals surface area (Å²) >= 11 is 0. The summed E-state index contributed by atoms with van der Waals surface area (Å²) in [6.45, 7) is 4.16. The molecule has 3 aromatic rings. The summed E-state index contributed by atoms with van der Waals surface area (Å²) in [6.07, 6.45) is 3.68. The summed E-state index contributed by atoms with van der Waals surface area (Å²) in [5.74, 6) is -0.0335. The Morgan fingerprint density at radius 2 is 2.00 bits per heavy atom. The molecular weight excluding hydrogens is 368 g/mol. The first kappa shape index (κ1) is 19.8. The molecule has 0 spiro atoms. The summed E-state index contributed by atoms with van der Waals surface area (Å²) in [5, 5.41) is 11.9. The number of aryl methyl sites for hydroxylation is 1. The highest BCUT2D eigenvalue weighted by Gasteiger charge is 2.17. The number of nitrogens with zero attached hydrogens (tertiary/aromatic N) is 3.